The lowest BCUT2D eigenvalue weighted by Crippen LogP contribution is -2.39. The van der Waals surface area contributed by atoms with Gasteiger partial charge in [0.1, 0.15) is 5.15 Å². The van der Waals surface area contributed by atoms with Crippen LogP contribution in [-0.4, -0.2) is 38.7 Å². The number of hydrogen-bond acceptors (Lipinski definition) is 7. The third-order valence-corrected chi connectivity index (χ3v) is 7.43. The molecular formula is C28H31Cl2N3O6. The van der Waals surface area contributed by atoms with Crippen molar-refractivity contribution in [3.8, 4) is 0 Å². The summed E-state index contributed by atoms with van der Waals surface area (Å²) in [6.07, 6.45) is -0.523. The van der Waals surface area contributed by atoms with Crippen LogP contribution in [0.3, 0.4) is 0 Å². The molecule has 2 aromatic carbocycles. The minimum Gasteiger partial charge on any atom is -0.453 e. The topological polar surface area (TPSA) is 112 Å². The first kappa shape index (κ1) is 29.0. The number of rotatable bonds is 9. The molecule has 1 saturated heterocycles. The van der Waals surface area contributed by atoms with Crippen LogP contribution < -0.4 is 5.32 Å². The number of aromatic nitrogens is 2. The number of hydrogen-bond donors (Lipinski definition) is 2. The van der Waals surface area contributed by atoms with E-state index in [4.69, 9.17) is 37.4 Å². The molecule has 1 amide bonds. The van der Waals surface area contributed by atoms with Gasteiger partial charge in [-0.15, -0.1) is 0 Å². The zero-order chi connectivity index (χ0) is 28.1. The van der Waals surface area contributed by atoms with E-state index < -0.39 is 18.4 Å². The quantitative estimate of drug-likeness (QED) is 0.354. The smallest absolute Gasteiger partial charge is 0.303 e. The third-order valence-electron chi connectivity index (χ3n) is 6.66. The van der Waals surface area contributed by atoms with Gasteiger partial charge in [-0.1, -0.05) is 78.7 Å². The van der Waals surface area contributed by atoms with E-state index in [1.807, 2.05) is 48.5 Å². The minimum atomic E-state index is -0.869. The van der Waals surface area contributed by atoms with Gasteiger partial charge < -0.3 is 29.2 Å². The van der Waals surface area contributed by atoms with Crippen LogP contribution in [0, 0.1) is 5.92 Å². The molecule has 5 atom stereocenters. The Hall–Kier alpha value is -2.95. The molecule has 1 aliphatic rings. The number of aliphatic hydroxyl groups is 1. The number of aliphatic hydroxyl groups excluding tert-OH is 1. The molecule has 2 N–H and O–H groups in total. The lowest BCUT2D eigenvalue weighted by atomic mass is 9.90. The summed E-state index contributed by atoms with van der Waals surface area (Å²) >= 11 is 12.4. The monoisotopic (exact) mass is 575 g/mol. The van der Waals surface area contributed by atoms with Crippen molar-refractivity contribution in [1.82, 2.24) is 14.9 Å². The summed E-state index contributed by atoms with van der Waals surface area (Å²) in [6.45, 7) is 5.50. The van der Waals surface area contributed by atoms with Crippen LogP contribution in [0.25, 0.3) is 0 Å². The molecule has 208 valence electrons. The Labute approximate surface area is 237 Å². The van der Waals surface area contributed by atoms with Crippen LogP contribution in [0.5, 0.6) is 0 Å². The molecule has 4 rings (SSSR count). The first-order valence-electron chi connectivity index (χ1n) is 12.6. The minimum absolute atomic E-state index is 0.0366. The van der Waals surface area contributed by atoms with Gasteiger partial charge in [0.15, 0.2) is 17.5 Å². The molecule has 1 aliphatic heterocycles. The molecule has 39 heavy (non-hydrogen) atoms. The summed E-state index contributed by atoms with van der Waals surface area (Å²) < 4.78 is 19.6. The van der Waals surface area contributed by atoms with Crippen molar-refractivity contribution in [1.29, 1.82) is 0 Å². The molecule has 0 radical (unpaired) electrons. The van der Waals surface area contributed by atoms with Gasteiger partial charge in [0.25, 0.3) is 5.91 Å². The maximum Gasteiger partial charge on any atom is 0.303 e. The fraction of sp³-hybridized carbons (Fsp3) is 0.393. The zero-order valence-electron chi connectivity index (χ0n) is 21.8. The predicted molar refractivity (Wildman–Crippen MR) is 145 cm³/mol. The van der Waals surface area contributed by atoms with Crippen LogP contribution in [0.1, 0.15) is 55.4 Å². The van der Waals surface area contributed by atoms with Gasteiger partial charge in [-0.25, -0.2) is 4.98 Å². The number of esters is 1. The molecule has 1 fully saturated rings. The molecule has 0 saturated carbocycles. The van der Waals surface area contributed by atoms with Gasteiger partial charge in [-0.2, -0.15) is 0 Å². The summed E-state index contributed by atoms with van der Waals surface area (Å²) in [4.78, 5) is 27.3. The highest BCUT2D eigenvalue weighted by atomic mass is 35.5. The molecule has 0 spiro atoms. The van der Waals surface area contributed by atoms with E-state index in [0.717, 1.165) is 22.3 Å². The van der Waals surface area contributed by atoms with Gasteiger partial charge in [-0.05, 0) is 23.6 Å². The largest absolute Gasteiger partial charge is 0.453 e. The van der Waals surface area contributed by atoms with Crippen molar-refractivity contribution in [2.75, 3.05) is 0 Å². The molecule has 9 nitrogen and oxygen atoms in total. The lowest BCUT2D eigenvalue weighted by molar-refractivity contribution is -0.276. The van der Waals surface area contributed by atoms with E-state index >= 15 is 0 Å². The normalized spacial score (nSPS) is 21.8. The summed E-state index contributed by atoms with van der Waals surface area (Å²) in [7, 11) is 0. The maximum atomic E-state index is 12.2. The van der Waals surface area contributed by atoms with Gasteiger partial charge >= 0.3 is 5.97 Å². The van der Waals surface area contributed by atoms with Gasteiger partial charge in [0.2, 0.25) is 0 Å². The number of carbonyl (C=O) groups excluding carboxylic acids is 2. The fourth-order valence-electron chi connectivity index (χ4n) is 4.42. The number of carbonyl (C=O) groups is 2. The second-order valence-corrected chi connectivity index (χ2v) is 10.2. The third kappa shape index (κ3) is 7.17. The van der Waals surface area contributed by atoms with E-state index in [0.29, 0.717) is 11.7 Å². The second kappa shape index (κ2) is 12.9. The zero-order valence-corrected chi connectivity index (χ0v) is 23.4. The predicted octanol–water partition coefficient (Wildman–Crippen LogP) is 4.74. The van der Waals surface area contributed by atoms with E-state index in [9.17, 15) is 14.7 Å². The van der Waals surface area contributed by atoms with Crippen LogP contribution in [0.2, 0.25) is 10.3 Å². The molecule has 11 heteroatoms. The summed E-state index contributed by atoms with van der Waals surface area (Å²) in [6, 6.07) is 15.2. The maximum absolute atomic E-state index is 12.2. The average Bonchev–Trinajstić information content (AvgIpc) is 3.25. The highest BCUT2D eigenvalue weighted by molar-refractivity contribution is 6.40. The molecule has 1 aromatic heterocycles. The molecular weight excluding hydrogens is 545 g/mol. The number of halogens is 2. The summed E-state index contributed by atoms with van der Waals surface area (Å²) in [5, 5.41) is 12.8. The average molecular weight is 576 g/mol. The first-order chi connectivity index (χ1) is 18.7. The Kier molecular flexibility index (Phi) is 9.63. The van der Waals surface area contributed by atoms with Crippen molar-refractivity contribution in [3.63, 3.8) is 0 Å². The second-order valence-electron chi connectivity index (χ2n) is 9.51. The van der Waals surface area contributed by atoms with E-state index in [-0.39, 0.29) is 42.3 Å². The van der Waals surface area contributed by atoms with Gasteiger partial charge in [0, 0.05) is 24.9 Å². The number of amides is 1. The Morgan fingerprint density at radius 1 is 1.08 bits per heavy atom. The molecule has 3 aromatic rings. The van der Waals surface area contributed by atoms with Crippen molar-refractivity contribution in [2.45, 2.75) is 65.1 Å². The fourth-order valence-corrected chi connectivity index (χ4v) is 4.73. The first-order valence-corrected chi connectivity index (χ1v) is 13.3. The van der Waals surface area contributed by atoms with Crippen molar-refractivity contribution < 1.29 is 28.9 Å². The Balaban J connectivity index is 1.51. The van der Waals surface area contributed by atoms with Gasteiger partial charge in [0.05, 0.1) is 31.7 Å². The van der Waals surface area contributed by atoms with Crippen molar-refractivity contribution >= 4 is 35.1 Å². The van der Waals surface area contributed by atoms with Crippen LogP contribution >= 0.6 is 23.2 Å². The molecule has 2 heterocycles. The van der Waals surface area contributed by atoms with Crippen LogP contribution in [0.4, 0.5) is 0 Å². The summed E-state index contributed by atoms with van der Waals surface area (Å²) in [5.74, 6) is -0.936. The number of nitrogens with zero attached hydrogens (tertiary/aromatic N) is 2. The highest BCUT2D eigenvalue weighted by Crippen LogP contribution is 2.42. The van der Waals surface area contributed by atoms with Crippen molar-refractivity contribution in [3.05, 3.63) is 87.4 Å². The Bertz CT molecular complexity index is 1280. The number of imidazole rings is 1. The number of benzene rings is 2. The van der Waals surface area contributed by atoms with Crippen LogP contribution in [-0.2, 0) is 43.5 Å². The molecule has 0 bridgehead atoms. The van der Waals surface area contributed by atoms with E-state index in [2.05, 4.69) is 17.2 Å². The lowest BCUT2D eigenvalue weighted by Gasteiger charge is -2.41. The number of nitrogens with one attached hydrogen (secondary N) is 1. The van der Waals surface area contributed by atoms with Crippen molar-refractivity contribution in [2.24, 2.45) is 5.92 Å². The summed E-state index contributed by atoms with van der Waals surface area (Å²) in [5.41, 5.74) is 3.45. The SMILES string of the molecule is CC(=O)O[C@@H](C)C(=O)NCc1ccc(C2O[C@H](Cn3cnc(Cl)c3Cl)[C@H](C)[C@H](c3ccc(CO)cc3)O2)cc1. The van der Waals surface area contributed by atoms with E-state index in [1.54, 1.807) is 10.9 Å². The highest BCUT2D eigenvalue weighted by Gasteiger charge is 2.38. The van der Waals surface area contributed by atoms with Gasteiger partial charge in [-0.3, -0.25) is 9.59 Å². The standard InChI is InChI=1S/C28H31Cl2N3O6/c1-16-23(13-33-15-32-25(29)26(33)30)38-28(39-24(16)21-8-6-20(14-34)7-9-21)22-10-4-19(5-11-22)12-31-27(36)17(2)37-18(3)35/h4-11,15-17,23-24,28,34H,12-14H2,1-3H3,(H,31,36)/t16-,17-,23+,24+,28?/m0/s1. The molecule has 1 unspecified atom stereocenters. The van der Waals surface area contributed by atoms with E-state index in [1.165, 1.54) is 13.8 Å². The van der Waals surface area contributed by atoms with Crippen LogP contribution in [0.15, 0.2) is 54.9 Å². The number of ether oxygens (including phenoxy) is 3. The Morgan fingerprint density at radius 2 is 1.72 bits per heavy atom. The Morgan fingerprint density at radius 3 is 2.31 bits per heavy atom. The molecule has 0 aliphatic carbocycles.